The topological polar surface area (TPSA) is 29.5 Å². The number of allylic oxidation sites excluding steroid dienone is 1. The summed E-state index contributed by atoms with van der Waals surface area (Å²) in [5.74, 6) is 0. The molecule has 0 fully saturated rings. The van der Waals surface area contributed by atoms with Crippen molar-refractivity contribution in [3.05, 3.63) is 10.1 Å². The smallest absolute Gasteiger partial charge is 0.0854 e. The zero-order chi connectivity index (χ0) is 10.4. The van der Waals surface area contributed by atoms with E-state index >= 15 is 0 Å². The van der Waals surface area contributed by atoms with Crippen molar-refractivity contribution < 1.29 is 9.84 Å². The highest BCUT2D eigenvalue weighted by molar-refractivity contribution is 9.11. The number of unbranched alkanes of at least 4 members (excludes halogenated alkanes) is 1. The highest BCUT2D eigenvalue weighted by Gasteiger charge is 2.18. The van der Waals surface area contributed by atoms with Crippen LogP contribution in [0.1, 0.15) is 38.5 Å². The van der Waals surface area contributed by atoms with E-state index < -0.39 is 0 Å². The zero-order valence-electron chi connectivity index (χ0n) is 8.76. The third-order valence-electron chi connectivity index (χ3n) is 2.66. The molecule has 0 aromatic heterocycles. The normalized spacial score (nSPS) is 22.9. The second-order valence-electron chi connectivity index (χ2n) is 3.81. The third-order valence-corrected chi connectivity index (χ3v) is 3.75. The Morgan fingerprint density at radius 3 is 3.00 bits per heavy atom. The van der Waals surface area contributed by atoms with Crippen LogP contribution in [0.15, 0.2) is 10.1 Å². The summed E-state index contributed by atoms with van der Waals surface area (Å²) >= 11 is 3.49. The minimum Gasteiger partial charge on any atom is -0.388 e. The van der Waals surface area contributed by atoms with Gasteiger partial charge in [0.1, 0.15) is 0 Å². The SMILES string of the molecule is COCCCCC1=C(Br)[C@@H](O)CCC1. The van der Waals surface area contributed by atoms with Crippen LogP contribution >= 0.6 is 15.9 Å². The number of hydrogen-bond donors (Lipinski definition) is 1. The van der Waals surface area contributed by atoms with Gasteiger partial charge < -0.3 is 9.84 Å². The van der Waals surface area contributed by atoms with Crippen LogP contribution in [0, 0.1) is 0 Å². The maximum Gasteiger partial charge on any atom is 0.0854 e. The number of rotatable bonds is 5. The van der Waals surface area contributed by atoms with Gasteiger partial charge in [-0.25, -0.2) is 0 Å². The standard InChI is InChI=1S/C11H19BrO2/c1-14-8-3-2-5-9-6-4-7-10(13)11(9)12/h10,13H,2-8H2,1H3/t10-/m0/s1. The van der Waals surface area contributed by atoms with Crippen molar-refractivity contribution in [2.75, 3.05) is 13.7 Å². The maximum absolute atomic E-state index is 9.62. The molecule has 0 radical (unpaired) electrons. The molecule has 1 aliphatic rings. The minimum atomic E-state index is -0.249. The molecule has 0 aliphatic heterocycles. The van der Waals surface area contributed by atoms with Gasteiger partial charge in [-0.1, -0.05) is 21.5 Å². The van der Waals surface area contributed by atoms with Gasteiger partial charge in [-0.15, -0.1) is 0 Å². The molecule has 0 saturated heterocycles. The largest absolute Gasteiger partial charge is 0.388 e. The molecule has 1 N–H and O–H groups in total. The van der Waals surface area contributed by atoms with E-state index in [-0.39, 0.29) is 6.10 Å². The Morgan fingerprint density at radius 1 is 1.50 bits per heavy atom. The molecule has 0 spiro atoms. The van der Waals surface area contributed by atoms with Gasteiger partial charge in [0, 0.05) is 18.2 Å². The van der Waals surface area contributed by atoms with E-state index in [1.807, 2.05) is 0 Å². The number of methoxy groups -OCH3 is 1. The molecule has 2 nitrogen and oxygen atoms in total. The Morgan fingerprint density at radius 2 is 2.29 bits per heavy atom. The molecule has 0 amide bonds. The van der Waals surface area contributed by atoms with Gasteiger partial charge in [-0.3, -0.25) is 0 Å². The van der Waals surface area contributed by atoms with Crippen molar-refractivity contribution in [2.45, 2.75) is 44.6 Å². The van der Waals surface area contributed by atoms with E-state index in [1.54, 1.807) is 7.11 Å². The fourth-order valence-electron chi connectivity index (χ4n) is 1.82. The van der Waals surface area contributed by atoms with Crippen molar-refractivity contribution in [1.82, 2.24) is 0 Å². The second-order valence-corrected chi connectivity index (χ2v) is 4.66. The molecule has 14 heavy (non-hydrogen) atoms. The molecular weight excluding hydrogens is 244 g/mol. The molecule has 1 aliphatic carbocycles. The second kappa shape index (κ2) is 6.59. The molecular formula is C11H19BrO2. The summed E-state index contributed by atoms with van der Waals surface area (Å²) in [6.07, 6.45) is 6.28. The molecule has 0 heterocycles. The lowest BCUT2D eigenvalue weighted by molar-refractivity contribution is 0.190. The predicted octanol–water partition coefficient (Wildman–Crippen LogP) is 3.00. The first-order valence-corrected chi connectivity index (χ1v) is 6.09. The van der Waals surface area contributed by atoms with Gasteiger partial charge >= 0.3 is 0 Å². The number of ether oxygens (including phenoxy) is 1. The summed E-state index contributed by atoms with van der Waals surface area (Å²) in [5.41, 5.74) is 1.40. The van der Waals surface area contributed by atoms with Crippen LogP contribution in [-0.2, 0) is 4.74 Å². The number of aliphatic hydroxyl groups is 1. The first-order valence-electron chi connectivity index (χ1n) is 5.30. The van der Waals surface area contributed by atoms with Crippen molar-refractivity contribution in [3.63, 3.8) is 0 Å². The Kier molecular flexibility index (Phi) is 5.75. The van der Waals surface area contributed by atoms with Gasteiger partial charge in [-0.2, -0.15) is 0 Å². The lowest BCUT2D eigenvalue weighted by Crippen LogP contribution is -2.13. The number of hydrogen-bond acceptors (Lipinski definition) is 2. The average Bonchev–Trinajstić information content (AvgIpc) is 2.19. The lowest BCUT2D eigenvalue weighted by atomic mass is 9.94. The van der Waals surface area contributed by atoms with Crippen molar-refractivity contribution in [1.29, 1.82) is 0 Å². The lowest BCUT2D eigenvalue weighted by Gasteiger charge is -2.21. The van der Waals surface area contributed by atoms with E-state index in [0.717, 1.165) is 49.6 Å². The number of aliphatic hydroxyl groups excluding tert-OH is 1. The molecule has 0 unspecified atom stereocenters. The van der Waals surface area contributed by atoms with Gasteiger partial charge in [0.15, 0.2) is 0 Å². The summed E-state index contributed by atoms with van der Waals surface area (Å²) < 4.78 is 6.04. The van der Waals surface area contributed by atoms with Crippen LogP contribution in [0.2, 0.25) is 0 Å². The van der Waals surface area contributed by atoms with Gasteiger partial charge in [0.05, 0.1) is 6.10 Å². The summed E-state index contributed by atoms with van der Waals surface area (Å²) in [6, 6.07) is 0. The molecule has 0 bridgehead atoms. The minimum absolute atomic E-state index is 0.249. The molecule has 0 saturated carbocycles. The average molecular weight is 263 g/mol. The first-order chi connectivity index (χ1) is 6.75. The monoisotopic (exact) mass is 262 g/mol. The van der Waals surface area contributed by atoms with Crippen LogP contribution in [0.5, 0.6) is 0 Å². The van der Waals surface area contributed by atoms with E-state index in [9.17, 15) is 5.11 Å². The number of halogens is 1. The fourth-order valence-corrected chi connectivity index (χ4v) is 2.45. The van der Waals surface area contributed by atoms with Crippen LogP contribution in [0.4, 0.5) is 0 Å². The summed E-state index contributed by atoms with van der Waals surface area (Å²) in [4.78, 5) is 0. The fraction of sp³-hybridized carbons (Fsp3) is 0.818. The highest BCUT2D eigenvalue weighted by atomic mass is 79.9. The first kappa shape index (κ1) is 12.2. The van der Waals surface area contributed by atoms with E-state index in [4.69, 9.17) is 4.74 Å². The Balaban J connectivity index is 2.31. The van der Waals surface area contributed by atoms with E-state index in [0.29, 0.717) is 0 Å². The van der Waals surface area contributed by atoms with Gasteiger partial charge in [-0.05, 0) is 38.5 Å². The van der Waals surface area contributed by atoms with Gasteiger partial charge in [0.2, 0.25) is 0 Å². The highest BCUT2D eigenvalue weighted by Crippen LogP contribution is 2.32. The predicted molar refractivity (Wildman–Crippen MR) is 61.5 cm³/mol. The summed E-state index contributed by atoms with van der Waals surface area (Å²) in [6.45, 7) is 0.841. The molecule has 1 atom stereocenters. The van der Waals surface area contributed by atoms with E-state index in [2.05, 4.69) is 15.9 Å². The van der Waals surface area contributed by atoms with Crippen LogP contribution in [0.25, 0.3) is 0 Å². The Hall–Kier alpha value is 0.140. The zero-order valence-corrected chi connectivity index (χ0v) is 10.3. The third kappa shape index (κ3) is 3.71. The van der Waals surface area contributed by atoms with Crippen LogP contribution in [0.3, 0.4) is 0 Å². The van der Waals surface area contributed by atoms with Crippen LogP contribution in [-0.4, -0.2) is 24.9 Å². The van der Waals surface area contributed by atoms with E-state index in [1.165, 1.54) is 5.57 Å². The van der Waals surface area contributed by atoms with Crippen LogP contribution < -0.4 is 0 Å². The van der Waals surface area contributed by atoms with Crippen molar-refractivity contribution in [2.24, 2.45) is 0 Å². The molecule has 0 aromatic rings. The van der Waals surface area contributed by atoms with Gasteiger partial charge in [0.25, 0.3) is 0 Å². The molecule has 0 aromatic carbocycles. The molecule has 1 rings (SSSR count). The quantitative estimate of drug-likeness (QED) is 0.773. The Labute approximate surface area is 94.5 Å². The van der Waals surface area contributed by atoms with Crippen molar-refractivity contribution in [3.8, 4) is 0 Å². The summed E-state index contributed by atoms with van der Waals surface area (Å²) in [5, 5.41) is 9.62. The molecule has 3 heteroatoms. The molecule has 82 valence electrons. The summed E-state index contributed by atoms with van der Waals surface area (Å²) in [7, 11) is 1.74. The van der Waals surface area contributed by atoms with Crippen molar-refractivity contribution >= 4 is 15.9 Å². The Bertz CT molecular complexity index is 201. The maximum atomic E-state index is 9.62.